The number of fused-ring (bicyclic) bond motifs is 1. The fourth-order valence-electron chi connectivity index (χ4n) is 8.93. The van der Waals surface area contributed by atoms with Gasteiger partial charge in [-0.1, -0.05) is 19.9 Å². The van der Waals surface area contributed by atoms with Gasteiger partial charge in [-0.2, -0.15) is 0 Å². The third-order valence-electron chi connectivity index (χ3n) is 12.6. The molecule has 4 fully saturated rings. The fraction of sp³-hybridized carbons (Fsp3) is 0.652. The van der Waals surface area contributed by atoms with Crippen molar-refractivity contribution in [3.05, 3.63) is 47.3 Å². The summed E-state index contributed by atoms with van der Waals surface area (Å²) in [4.78, 5) is 48.6. The van der Waals surface area contributed by atoms with E-state index in [0.29, 0.717) is 25.8 Å². The molecule has 0 radical (unpaired) electrons. The first kappa shape index (κ1) is 44.8. The van der Waals surface area contributed by atoms with Gasteiger partial charge in [-0.15, -0.1) is 0 Å². The number of aliphatic hydroxyl groups is 1. The third kappa shape index (κ3) is 10.3. The molecule has 7 rings (SSSR count). The molecule has 15 heteroatoms. The van der Waals surface area contributed by atoms with Crippen LogP contribution >= 0.6 is 0 Å². The molecule has 0 bridgehead atoms. The lowest BCUT2D eigenvalue weighted by Gasteiger charge is -2.36. The van der Waals surface area contributed by atoms with Crippen LogP contribution in [0.15, 0.2) is 30.5 Å². The number of rotatable bonds is 16. The first-order chi connectivity index (χ1) is 29.0. The molecule has 4 heterocycles. The van der Waals surface area contributed by atoms with Gasteiger partial charge >= 0.3 is 12.1 Å². The second-order valence-electron chi connectivity index (χ2n) is 19.2. The van der Waals surface area contributed by atoms with Crippen molar-refractivity contribution in [2.45, 2.75) is 135 Å². The van der Waals surface area contributed by atoms with Crippen molar-refractivity contribution in [3.63, 3.8) is 0 Å². The number of methoxy groups -OCH3 is 1. The molecule has 2 aliphatic heterocycles. The number of hydrazine groups is 1. The molecular weight excluding hydrogens is 779 g/mol. The Kier molecular flexibility index (Phi) is 13.4. The van der Waals surface area contributed by atoms with Gasteiger partial charge < -0.3 is 39.2 Å². The number of aromatic nitrogens is 2. The van der Waals surface area contributed by atoms with Gasteiger partial charge in [0.15, 0.2) is 0 Å². The number of carbonyl (C=O) groups is 3. The summed E-state index contributed by atoms with van der Waals surface area (Å²) in [6.07, 6.45) is 5.68. The molecule has 334 valence electrons. The number of carboxylic acid groups (broad SMARTS) is 1. The van der Waals surface area contributed by atoms with Gasteiger partial charge in [-0.05, 0) is 108 Å². The van der Waals surface area contributed by atoms with E-state index in [9.17, 15) is 24.6 Å². The van der Waals surface area contributed by atoms with Crippen LogP contribution < -0.4 is 15.6 Å². The number of piperazine rings is 1. The monoisotopic (exact) mass is 846 g/mol. The molecule has 2 aromatic heterocycles. The minimum Gasteiger partial charge on any atom is -0.480 e. The molecule has 2 aliphatic carbocycles. The number of anilines is 1. The highest BCUT2D eigenvalue weighted by molar-refractivity contribution is 5.93. The number of aliphatic hydroxyl groups excluding tert-OH is 1. The number of carbonyl (C=O) groups excluding carboxylic acids is 2. The van der Waals surface area contributed by atoms with E-state index in [1.54, 1.807) is 27.9 Å². The summed E-state index contributed by atoms with van der Waals surface area (Å²) in [5.74, 6) is -1.47. The molecular formula is C46H67N7O8. The van der Waals surface area contributed by atoms with E-state index < -0.39 is 41.1 Å². The highest BCUT2D eigenvalue weighted by Gasteiger charge is 2.42. The van der Waals surface area contributed by atoms with E-state index in [1.165, 1.54) is 17.9 Å². The van der Waals surface area contributed by atoms with Crippen molar-refractivity contribution in [1.82, 2.24) is 30.2 Å². The van der Waals surface area contributed by atoms with Gasteiger partial charge in [0, 0.05) is 81.4 Å². The second-order valence-corrected chi connectivity index (χ2v) is 19.2. The quantitative estimate of drug-likeness (QED) is 0.141. The van der Waals surface area contributed by atoms with Gasteiger partial charge in [0.1, 0.15) is 17.7 Å². The van der Waals surface area contributed by atoms with Crippen molar-refractivity contribution in [3.8, 4) is 11.3 Å². The Bertz CT molecular complexity index is 2070. The molecule has 2 saturated carbocycles. The van der Waals surface area contributed by atoms with Crippen LogP contribution in [0.3, 0.4) is 0 Å². The molecule has 3 unspecified atom stereocenters. The molecule has 4 N–H and O–H groups in total. The van der Waals surface area contributed by atoms with Crippen molar-refractivity contribution in [1.29, 1.82) is 0 Å². The largest absolute Gasteiger partial charge is 0.480 e. The zero-order chi connectivity index (χ0) is 43.8. The lowest BCUT2D eigenvalue weighted by atomic mass is 9.84. The van der Waals surface area contributed by atoms with Crippen molar-refractivity contribution in [2.75, 3.05) is 57.9 Å². The van der Waals surface area contributed by atoms with Gasteiger partial charge in [-0.3, -0.25) is 24.5 Å². The van der Waals surface area contributed by atoms with Crippen LogP contribution in [0.5, 0.6) is 0 Å². The number of amides is 2. The number of hydrogen-bond donors (Lipinski definition) is 4. The van der Waals surface area contributed by atoms with E-state index in [4.69, 9.17) is 19.2 Å². The van der Waals surface area contributed by atoms with E-state index in [-0.39, 0.29) is 31.3 Å². The number of carboxylic acids is 1. The molecule has 5 atom stereocenters. The number of nitrogens with one attached hydrogen (secondary N) is 2. The highest BCUT2D eigenvalue weighted by Crippen LogP contribution is 2.47. The summed E-state index contributed by atoms with van der Waals surface area (Å²) in [7, 11) is 1.72. The summed E-state index contributed by atoms with van der Waals surface area (Å²) in [6, 6.07) is 7.67. The minimum absolute atomic E-state index is 0.0233. The molecule has 2 amide bonds. The first-order valence-electron chi connectivity index (χ1n) is 22.2. The highest BCUT2D eigenvalue weighted by atomic mass is 16.6. The third-order valence-corrected chi connectivity index (χ3v) is 12.6. The van der Waals surface area contributed by atoms with Crippen LogP contribution in [0.4, 0.5) is 10.5 Å². The van der Waals surface area contributed by atoms with E-state index in [1.807, 2.05) is 13.1 Å². The van der Waals surface area contributed by atoms with Gasteiger partial charge in [-0.25, -0.2) is 10.2 Å². The first-order valence-corrected chi connectivity index (χ1v) is 22.2. The zero-order valence-corrected chi connectivity index (χ0v) is 37.3. The zero-order valence-electron chi connectivity index (χ0n) is 37.3. The van der Waals surface area contributed by atoms with Crippen molar-refractivity contribution < 1.29 is 38.8 Å². The number of aryl methyl sites for hydroxylation is 1. The average Bonchev–Trinajstić information content (AvgIpc) is 4.18. The molecule has 0 spiro atoms. The van der Waals surface area contributed by atoms with Crippen LogP contribution in [0.25, 0.3) is 22.2 Å². The summed E-state index contributed by atoms with van der Waals surface area (Å²) in [6.45, 7) is 18.6. The number of benzene rings is 1. The molecule has 3 aromatic rings. The van der Waals surface area contributed by atoms with E-state index in [0.717, 1.165) is 89.9 Å². The Morgan fingerprint density at radius 1 is 1.03 bits per heavy atom. The summed E-state index contributed by atoms with van der Waals surface area (Å²) in [5, 5.41) is 25.3. The van der Waals surface area contributed by atoms with Crippen LogP contribution in [0.2, 0.25) is 0 Å². The van der Waals surface area contributed by atoms with Gasteiger partial charge in [0.25, 0.3) is 5.91 Å². The molecule has 2 saturated heterocycles. The Balaban J connectivity index is 1.18. The molecule has 15 nitrogen and oxygen atoms in total. The molecule has 4 aliphatic rings. The maximum absolute atomic E-state index is 13.8. The van der Waals surface area contributed by atoms with Crippen LogP contribution in [0.1, 0.15) is 109 Å². The maximum atomic E-state index is 13.8. The topological polar surface area (TPSA) is 171 Å². The normalized spacial score (nSPS) is 22.3. The maximum Gasteiger partial charge on any atom is 0.408 e. The predicted molar refractivity (Wildman–Crippen MR) is 233 cm³/mol. The minimum atomic E-state index is -1.10. The van der Waals surface area contributed by atoms with Crippen LogP contribution in [-0.2, 0) is 36.8 Å². The summed E-state index contributed by atoms with van der Waals surface area (Å²) >= 11 is 0. The number of alkyl carbamates (subject to hydrolysis) is 1. The summed E-state index contributed by atoms with van der Waals surface area (Å²) in [5.41, 5.74) is 9.08. The van der Waals surface area contributed by atoms with E-state index in [2.05, 4.69) is 70.1 Å². The predicted octanol–water partition coefficient (Wildman–Crippen LogP) is 5.62. The van der Waals surface area contributed by atoms with Gasteiger partial charge in [0.05, 0.1) is 42.1 Å². The van der Waals surface area contributed by atoms with Crippen LogP contribution in [-0.4, -0.2) is 131 Å². The standard InChI is InChI=1S/C46H67N7O8/c1-9-52-38-15-12-29(32-23-39(32)60-26-37(48-44(58)61-45(3,4)5)42(55)53-16-10-11-36(49-53)43(56)57)21-33(38)35(24-46(6,7)27-54)41(52)34-22-31(25-47-40(34)28(2)59-8)51-19-17-50(18-20-51)30-13-14-30/h12,15,21-22,25,28,30,32,36-37,39,49,54H,9-11,13-14,16-20,23-24,26-27H2,1-8H3,(H,48,58)(H,56,57)/t28-,32?,36-,37?,39?/m0/s1. The number of pyridine rings is 1. The Morgan fingerprint density at radius 2 is 1.77 bits per heavy atom. The van der Waals surface area contributed by atoms with Gasteiger partial charge in [0.2, 0.25) is 0 Å². The molecule has 1 aromatic carbocycles. The number of nitrogens with zero attached hydrogens (tertiary/aromatic N) is 5. The summed E-state index contributed by atoms with van der Waals surface area (Å²) < 4.78 is 20.2. The Morgan fingerprint density at radius 3 is 2.41 bits per heavy atom. The average molecular weight is 846 g/mol. The number of aliphatic carboxylic acids is 1. The number of ether oxygens (including phenoxy) is 3. The fourth-order valence-corrected chi connectivity index (χ4v) is 8.93. The Hall–Kier alpha value is -4.28. The lowest BCUT2D eigenvalue weighted by molar-refractivity contribution is -0.148. The van der Waals surface area contributed by atoms with E-state index >= 15 is 0 Å². The second kappa shape index (κ2) is 18.2. The van der Waals surface area contributed by atoms with Crippen LogP contribution in [0, 0.1) is 5.41 Å². The Labute approximate surface area is 360 Å². The molecule has 61 heavy (non-hydrogen) atoms. The van der Waals surface area contributed by atoms with Crippen molar-refractivity contribution in [2.24, 2.45) is 5.41 Å². The number of hydrogen-bond acceptors (Lipinski definition) is 11. The SMILES string of the molecule is CCn1c(-c2cc(N3CCN(C4CC4)CC3)cnc2[C@H](C)OC)c(CC(C)(C)CO)c2cc(C3CC3OCC(NC(=O)OC(C)(C)C)C(=O)N3CCC[C@@H](C(=O)O)N3)ccc21. The smallest absolute Gasteiger partial charge is 0.408 e. The van der Waals surface area contributed by atoms with Crippen molar-refractivity contribution >= 4 is 34.6 Å². The lowest BCUT2D eigenvalue weighted by Crippen LogP contribution is -2.61.